The van der Waals surface area contributed by atoms with E-state index in [1.54, 1.807) is 7.05 Å². The maximum Gasteiger partial charge on any atom is 0.121 e. The van der Waals surface area contributed by atoms with Crippen molar-refractivity contribution in [3.8, 4) is 0 Å². The lowest BCUT2D eigenvalue weighted by Crippen LogP contribution is -2.43. The van der Waals surface area contributed by atoms with Gasteiger partial charge < -0.3 is 10.5 Å². The largest absolute Gasteiger partial charge is 0.377 e. The molecule has 0 fully saturated rings. The molecule has 66 valence electrons. The number of amidine groups is 1. The third-order valence-electron chi connectivity index (χ3n) is 1.32. The van der Waals surface area contributed by atoms with Gasteiger partial charge in [0.1, 0.15) is 12.1 Å². The summed E-state index contributed by atoms with van der Waals surface area (Å²) in [5.41, 5.74) is 5.48. The van der Waals surface area contributed by atoms with Crippen LogP contribution in [-0.2, 0) is 0 Å². The van der Waals surface area contributed by atoms with Gasteiger partial charge in [-0.1, -0.05) is 13.3 Å². The summed E-state index contributed by atoms with van der Waals surface area (Å²) in [6.07, 6.45) is 1.21. The molecule has 0 amide bonds. The lowest BCUT2D eigenvalue weighted by Gasteiger charge is -2.12. The molecule has 0 rings (SSSR count). The fraction of sp³-hybridized carbons (Fsp3) is 0.857. The van der Waals surface area contributed by atoms with Crippen molar-refractivity contribution in [1.82, 2.24) is 10.9 Å². The van der Waals surface area contributed by atoms with Crippen molar-refractivity contribution in [2.24, 2.45) is 4.99 Å². The Labute approximate surface area is 67.7 Å². The van der Waals surface area contributed by atoms with Crippen LogP contribution in [0.2, 0.25) is 0 Å². The SMILES string of the molecule is CCCC(O)NNC(C)=NC. The summed E-state index contributed by atoms with van der Waals surface area (Å²) in [6, 6.07) is 0. The summed E-state index contributed by atoms with van der Waals surface area (Å²) >= 11 is 0. The predicted molar refractivity (Wildman–Crippen MR) is 46.2 cm³/mol. The molecule has 4 heteroatoms. The summed E-state index contributed by atoms with van der Waals surface area (Å²) in [5, 5.41) is 9.16. The molecule has 0 aromatic heterocycles. The van der Waals surface area contributed by atoms with Crippen LogP contribution >= 0.6 is 0 Å². The van der Waals surface area contributed by atoms with Gasteiger partial charge in [0.15, 0.2) is 0 Å². The van der Waals surface area contributed by atoms with Gasteiger partial charge in [-0.05, 0) is 13.3 Å². The van der Waals surface area contributed by atoms with Gasteiger partial charge in [0.25, 0.3) is 0 Å². The first-order valence-corrected chi connectivity index (χ1v) is 3.83. The Balaban J connectivity index is 3.37. The smallest absolute Gasteiger partial charge is 0.121 e. The van der Waals surface area contributed by atoms with E-state index in [-0.39, 0.29) is 0 Å². The van der Waals surface area contributed by atoms with Gasteiger partial charge in [0, 0.05) is 7.05 Å². The summed E-state index contributed by atoms with van der Waals surface area (Å²) in [7, 11) is 1.69. The summed E-state index contributed by atoms with van der Waals surface area (Å²) in [6.45, 7) is 3.84. The van der Waals surface area contributed by atoms with Crippen molar-refractivity contribution in [1.29, 1.82) is 0 Å². The lowest BCUT2D eigenvalue weighted by molar-refractivity contribution is 0.119. The van der Waals surface area contributed by atoms with Crippen molar-refractivity contribution < 1.29 is 5.11 Å². The number of aliphatic imine (C=N–C) groups is 1. The van der Waals surface area contributed by atoms with E-state index in [4.69, 9.17) is 5.11 Å². The predicted octanol–water partition coefficient (Wildman–Crippen LogP) is 0.247. The standard InChI is InChI=1S/C7H17N3O/c1-4-5-7(11)10-9-6(2)8-3/h7,10-11H,4-5H2,1-3H3,(H,8,9). The summed E-state index contributed by atoms with van der Waals surface area (Å²) < 4.78 is 0. The summed E-state index contributed by atoms with van der Waals surface area (Å²) in [5.74, 6) is 0.764. The number of nitrogens with zero attached hydrogens (tertiary/aromatic N) is 1. The van der Waals surface area contributed by atoms with Crippen LogP contribution in [0.15, 0.2) is 4.99 Å². The second-order valence-corrected chi connectivity index (χ2v) is 2.38. The van der Waals surface area contributed by atoms with Crippen LogP contribution in [0.25, 0.3) is 0 Å². The molecule has 1 atom stereocenters. The van der Waals surface area contributed by atoms with Crippen LogP contribution in [0.4, 0.5) is 0 Å². The van der Waals surface area contributed by atoms with Crippen LogP contribution < -0.4 is 10.9 Å². The fourth-order valence-corrected chi connectivity index (χ4v) is 0.589. The molecule has 0 aromatic carbocycles. The minimum atomic E-state index is -0.489. The Kier molecular flexibility index (Phi) is 5.78. The molecule has 0 aliphatic rings. The lowest BCUT2D eigenvalue weighted by atomic mass is 10.3. The average molecular weight is 159 g/mol. The number of hydrazine groups is 1. The van der Waals surface area contributed by atoms with E-state index in [2.05, 4.69) is 15.8 Å². The molecule has 4 nitrogen and oxygen atoms in total. The van der Waals surface area contributed by atoms with Crippen LogP contribution in [0, 0.1) is 0 Å². The first-order chi connectivity index (χ1) is 5.20. The van der Waals surface area contributed by atoms with Crippen molar-refractivity contribution >= 4 is 5.84 Å². The van der Waals surface area contributed by atoms with E-state index in [9.17, 15) is 0 Å². The number of nitrogens with one attached hydrogen (secondary N) is 2. The fourth-order valence-electron chi connectivity index (χ4n) is 0.589. The van der Waals surface area contributed by atoms with E-state index < -0.39 is 6.23 Å². The molecular weight excluding hydrogens is 142 g/mol. The quantitative estimate of drug-likeness (QED) is 0.238. The van der Waals surface area contributed by atoms with E-state index in [0.29, 0.717) is 0 Å². The monoisotopic (exact) mass is 159 g/mol. The molecule has 3 N–H and O–H groups in total. The normalized spacial score (nSPS) is 14.7. The Morgan fingerprint density at radius 3 is 2.73 bits per heavy atom. The number of aliphatic hydroxyl groups is 1. The minimum Gasteiger partial charge on any atom is -0.377 e. The third-order valence-corrected chi connectivity index (χ3v) is 1.32. The minimum absolute atomic E-state index is 0.489. The zero-order valence-corrected chi connectivity index (χ0v) is 7.39. The van der Waals surface area contributed by atoms with Gasteiger partial charge in [-0.15, -0.1) is 0 Å². The molecule has 0 heterocycles. The van der Waals surface area contributed by atoms with E-state index in [1.165, 1.54) is 0 Å². The van der Waals surface area contributed by atoms with Gasteiger partial charge in [0.2, 0.25) is 0 Å². The Hall–Kier alpha value is -0.610. The topological polar surface area (TPSA) is 56.6 Å². The molecule has 0 radical (unpaired) electrons. The number of aliphatic hydroxyl groups excluding tert-OH is 1. The molecule has 0 saturated carbocycles. The molecule has 1 unspecified atom stereocenters. The van der Waals surface area contributed by atoms with Gasteiger partial charge >= 0.3 is 0 Å². The number of rotatable bonds is 4. The van der Waals surface area contributed by atoms with Crippen molar-refractivity contribution in [2.75, 3.05) is 7.05 Å². The maximum atomic E-state index is 9.16. The molecule has 0 saturated heterocycles. The van der Waals surface area contributed by atoms with Crippen molar-refractivity contribution in [2.45, 2.75) is 32.9 Å². The van der Waals surface area contributed by atoms with Gasteiger partial charge in [0.05, 0.1) is 0 Å². The van der Waals surface area contributed by atoms with Crippen LogP contribution in [0.5, 0.6) is 0 Å². The second-order valence-electron chi connectivity index (χ2n) is 2.38. The highest BCUT2D eigenvalue weighted by Gasteiger charge is 1.98. The van der Waals surface area contributed by atoms with E-state index >= 15 is 0 Å². The molecule has 0 spiro atoms. The van der Waals surface area contributed by atoms with Crippen LogP contribution in [-0.4, -0.2) is 24.2 Å². The number of hydrogen-bond acceptors (Lipinski definition) is 3. The molecule has 11 heavy (non-hydrogen) atoms. The molecular formula is C7H17N3O. The Bertz CT molecular complexity index is 125. The highest BCUT2D eigenvalue weighted by atomic mass is 16.3. The average Bonchev–Trinajstić information content (AvgIpc) is 2.01. The van der Waals surface area contributed by atoms with Crippen molar-refractivity contribution in [3.05, 3.63) is 0 Å². The number of hydrogen-bond donors (Lipinski definition) is 3. The third kappa shape index (κ3) is 5.82. The molecule has 0 aliphatic carbocycles. The second kappa shape index (κ2) is 6.12. The first kappa shape index (κ1) is 10.4. The van der Waals surface area contributed by atoms with Gasteiger partial charge in [-0.25, -0.2) is 5.43 Å². The highest BCUT2D eigenvalue weighted by Crippen LogP contribution is 1.89. The summed E-state index contributed by atoms with van der Waals surface area (Å²) in [4.78, 5) is 3.85. The molecule has 0 bridgehead atoms. The maximum absolute atomic E-state index is 9.16. The Morgan fingerprint density at radius 2 is 2.27 bits per heavy atom. The van der Waals surface area contributed by atoms with E-state index in [0.717, 1.165) is 18.7 Å². The van der Waals surface area contributed by atoms with Gasteiger partial charge in [-0.2, -0.15) is 0 Å². The first-order valence-electron chi connectivity index (χ1n) is 3.83. The molecule has 0 aliphatic heterocycles. The van der Waals surface area contributed by atoms with Crippen molar-refractivity contribution in [3.63, 3.8) is 0 Å². The molecule has 0 aromatic rings. The Morgan fingerprint density at radius 1 is 1.64 bits per heavy atom. The van der Waals surface area contributed by atoms with E-state index in [1.807, 2.05) is 13.8 Å². The highest BCUT2D eigenvalue weighted by molar-refractivity contribution is 5.78. The zero-order valence-electron chi connectivity index (χ0n) is 7.39. The zero-order chi connectivity index (χ0) is 8.69. The van der Waals surface area contributed by atoms with Gasteiger partial charge in [-0.3, -0.25) is 4.99 Å². The van der Waals surface area contributed by atoms with Crippen LogP contribution in [0.1, 0.15) is 26.7 Å². The van der Waals surface area contributed by atoms with Crippen LogP contribution in [0.3, 0.4) is 0 Å².